The van der Waals surface area contributed by atoms with E-state index < -0.39 is 0 Å². The fourth-order valence-corrected chi connectivity index (χ4v) is 3.31. The Hall–Kier alpha value is -3.32. The number of benzene rings is 2. The fourth-order valence-electron chi connectivity index (χ4n) is 3.31. The second kappa shape index (κ2) is 6.77. The lowest BCUT2D eigenvalue weighted by atomic mass is 10.1. The summed E-state index contributed by atoms with van der Waals surface area (Å²) in [6.45, 7) is 2.40. The average Bonchev–Trinajstić information content (AvgIpc) is 3.32. The van der Waals surface area contributed by atoms with Gasteiger partial charge >= 0.3 is 0 Å². The van der Waals surface area contributed by atoms with Crippen molar-refractivity contribution in [1.82, 2.24) is 19.7 Å². The molecule has 0 spiro atoms. The second-order valence-corrected chi connectivity index (χ2v) is 6.74. The Morgan fingerprint density at radius 3 is 2.19 bits per heavy atom. The van der Waals surface area contributed by atoms with Crippen LogP contribution in [0, 0.1) is 0 Å². The molecule has 1 unspecified atom stereocenters. The Balaban J connectivity index is 1.48. The molecule has 0 bridgehead atoms. The first-order chi connectivity index (χ1) is 13.1. The Labute approximate surface area is 156 Å². The predicted octanol–water partition coefficient (Wildman–Crippen LogP) is 1.10. The topological polar surface area (TPSA) is 72.5 Å². The van der Waals surface area contributed by atoms with Crippen molar-refractivity contribution in [2.45, 2.75) is 13.0 Å². The number of nitrogens with one attached hydrogen (secondary N) is 1. The van der Waals surface area contributed by atoms with Gasteiger partial charge in [0.05, 0.1) is 23.9 Å². The van der Waals surface area contributed by atoms with Gasteiger partial charge in [-0.15, -0.1) is 0 Å². The van der Waals surface area contributed by atoms with Gasteiger partial charge in [0.15, 0.2) is 6.67 Å². The number of aromatic nitrogens is 3. The van der Waals surface area contributed by atoms with Crippen molar-refractivity contribution in [3.63, 3.8) is 0 Å². The molecule has 2 amide bonds. The third-order valence-corrected chi connectivity index (χ3v) is 5.10. The number of carbonyl (C=O) groups excluding carboxylic acids is 2. The zero-order valence-electron chi connectivity index (χ0n) is 15.2. The molecule has 0 aliphatic carbocycles. The molecule has 0 saturated heterocycles. The Kier molecular flexibility index (Phi) is 4.29. The van der Waals surface area contributed by atoms with Crippen LogP contribution in [0.2, 0.25) is 0 Å². The minimum atomic E-state index is -0.219. The van der Waals surface area contributed by atoms with Crippen LogP contribution in [-0.4, -0.2) is 45.2 Å². The van der Waals surface area contributed by atoms with E-state index in [1.807, 2.05) is 31.3 Å². The highest BCUT2D eigenvalue weighted by Crippen LogP contribution is 2.21. The summed E-state index contributed by atoms with van der Waals surface area (Å²) in [7, 11) is 1.99. The summed E-state index contributed by atoms with van der Waals surface area (Å²) >= 11 is 0. The molecule has 27 heavy (non-hydrogen) atoms. The third-order valence-electron chi connectivity index (χ3n) is 5.10. The molecule has 2 heterocycles. The first-order valence-electron chi connectivity index (χ1n) is 8.79. The lowest BCUT2D eigenvalue weighted by molar-refractivity contribution is -0.917. The minimum absolute atomic E-state index is 0.110. The van der Waals surface area contributed by atoms with Gasteiger partial charge in [-0.25, -0.2) is 14.6 Å². The molecule has 0 radical (unpaired) electrons. The summed E-state index contributed by atoms with van der Waals surface area (Å²) in [6.07, 6.45) is 3.15. The van der Waals surface area contributed by atoms with E-state index in [-0.39, 0.29) is 17.9 Å². The van der Waals surface area contributed by atoms with Crippen LogP contribution in [0.25, 0.3) is 5.69 Å². The number of quaternary nitrogens is 1. The molecule has 0 saturated carbocycles. The van der Waals surface area contributed by atoms with Gasteiger partial charge in [-0.3, -0.25) is 9.59 Å². The van der Waals surface area contributed by atoms with E-state index in [1.165, 1.54) is 11.2 Å². The number of imide groups is 1. The van der Waals surface area contributed by atoms with Gasteiger partial charge in [-0.1, -0.05) is 24.3 Å². The first kappa shape index (κ1) is 17.1. The van der Waals surface area contributed by atoms with E-state index in [2.05, 4.69) is 17.0 Å². The molecular formula is C20H20N5O2+. The first-order valence-corrected chi connectivity index (χ1v) is 8.79. The molecule has 1 N–H and O–H groups in total. The molecule has 4 rings (SSSR count). The summed E-state index contributed by atoms with van der Waals surface area (Å²) in [6, 6.07) is 15.1. The predicted molar refractivity (Wildman–Crippen MR) is 98.5 cm³/mol. The van der Waals surface area contributed by atoms with Gasteiger partial charge in [0.25, 0.3) is 11.8 Å². The molecule has 0 fully saturated rings. The van der Waals surface area contributed by atoms with E-state index in [1.54, 1.807) is 35.3 Å². The third kappa shape index (κ3) is 3.02. The molecule has 7 heteroatoms. The van der Waals surface area contributed by atoms with Crippen molar-refractivity contribution in [2.24, 2.45) is 0 Å². The number of amides is 2. The van der Waals surface area contributed by atoms with E-state index in [4.69, 9.17) is 0 Å². The quantitative estimate of drug-likeness (QED) is 0.690. The molecule has 2 aromatic carbocycles. The Morgan fingerprint density at radius 2 is 1.63 bits per heavy atom. The van der Waals surface area contributed by atoms with Crippen LogP contribution < -0.4 is 4.90 Å². The highest BCUT2D eigenvalue weighted by atomic mass is 16.2. The normalized spacial score (nSPS) is 15.7. The maximum atomic E-state index is 12.6. The lowest BCUT2D eigenvalue weighted by Crippen LogP contribution is -3.10. The summed E-state index contributed by atoms with van der Waals surface area (Å²) < 4.78 is 1.70. The second-order valence-electron chi connectivity index (χ2n) is 6.74. The van der Waals surface area contributed by atoms with Crippen molar-refractivity contribution in [2.75, 3.05) is 13.7 Å². The number of carbonyl (C=O) groups is 2. The van der Waals surface area contributed by atoms with Gasteiger partial charge in [-0.05, 0) is 31.2 Å². The van der Waals surface area contributed by atoms with Crippen LogP contribution in [0.4, 0.5) is 0 Å². The molecule has 7 nitrogen and oxygen atoms in total. The van der Waals surface area contributed by atoms with Crippen molar-refractivity contribution in [1.29, 1.82) is 0 Å². The van der Waals surface area contributed by atoms with Crippen LogP contribution in [0.5, 0.6) is 0 Å². The monoisotopic (exact) mass is 362 g/mol. The van der Waals surface area contributed by atoms with Gasteiger partial charge in [0, 0.05) is 5.56 Å². The number of hydrogen-bond acceptors (Lipinski definition) is 4. The fraction of sp³-hybridized carbons (Fsp3) is 0.200. The van der Waals surface area contributed by atoms with Crippen LogP contribution in [0.15, 0.2) is 61.2 Å². The van der Waals surface area contributed by atoms with E-state index in [0.717, 1.165) is 16.2 Å². The molecular weight excluding hydrogens is 342 g/mol. The van der Waals surface area contributed by atoms with Crippen molar-refractivity contribution in [3.05, 3.63) is 77.9 Å². The van der Waals surface area contributed by atoms with Gasteiger partial charge in [0.1, 0.15) is 18.7 Å². The van der Waals surface area contributed by atoms with Gasteiger partial charge < -0.3 is 4.90 Å². The van der Waals surface area contributed by atoms with Gasteiger partial charge in [0.2, 0.25) is 0 Å². The maximum Gasteiger partial charge on any atom is 0.265 e. The summed E-state index contributed by atoms with van der Waals surface area (Å²) in [5, 5.41) is 4.12. The summed E-state index contributed by atoms with van der Waals surface area (Å²) in [4.78, 5) is 31.4. The van der Waals surface area contributed by atoms with Crippen molar-refractivity contribution >= 4 is 11.8 Å². The van der Waals surface area contributed by atoms with Crippen LogP contribution in [0.1, 0.15) is 39.2 Å². The molecule has 3 aromatic rings. The SMILES string of the molecule is C[C@H](c1ccc(-n2cncn2)cc1)[NH+](C)CN1C(=O)c2ccccc2C1=O. The number of hydrogen-bond donors (Lipinski definition) is 1. The average molecular weight is 362 g/mol. The standard InChI is InChI=1S/C20H19N5O2/c1-14(15-7-9-16(10-8-15)25-12-21-11-22-25)23(2)13-24-19(26)17-5-3-4-6-18(17)20(24)27/h3-12,14H,13H2,1-2H3/p+1/t14-/m1/s1. The molecule has 2 atom stereocenters. The smallest absolute Gasteiger partial charge is 0.265 e. The lowest BCUT2D eigenvalue weighted by Gasteiger charge is -2.25. The zero-order valence-corrected chi connectivity index (χ0v) is 15.2. The molecule has 1 aliphatic heterocycles. The van der Waals surface area contributed by atoms with Crippen molar-refractivity contribution < 1.29 is 14.5 Å². The van der Waals surface area contributed by atoms with Crippen LogP contribution >= 0.6 is 0 Å². The number of nitrogens with zero attached hydrogens (tertiary/aromatic N) is 4. The van der Waals surface area contributed by atoms with E-state index in [9.17, 15) is 9.59 Å². The Bertz CT molecular complexity index is 947. The zero-order chi connectivity index (χ0) is 19.0. The summed E-state index contributed by atoms with van der Waals surface area (Å²) in [5.41, 5.74) is 3.02. The number of fused-ring (bicyclic) bond motifs is 1. The largest absolute Gasteiger partial charge is 0.314 e. The summed E-state index contributed by atoms with van der Waals surface area (Å²) in [5.74, 6) is -0.438. The van der Waals surface area contributed by atoms with Crippen LogP contribution in [0.3, 0.4) is 0 Å². The molecule has 1 aromatic heterocycles. The Morgan fingerprint density at radius 1 is 1.00 bits per heavy atom. The van der Waals surface area contributed by atoms with E-state index >= 15 is 0 Å². The number of rotatable bonds is 5. The maximum absolute atomic E-state index is 12.6. The molecule has 136 valence electrons. The highest BCUT2D eigenvalue weighted by Gasteiger charge is 2.37. The van der Waals surface area contributed by atoms with Crippen LogP contribution in [-0.2, 0) is 0 Å². The minimum Gasteiger partial charge on any atom is -0.314 e. The highest BCUT2D eigenvalue weighted by molar-refractivity contribution is 6.21. The molecule has 1 aliphatic rings. The van der Waals surface area contributed by atoms with Gasteiger partial charge in [-0.2, -0.15) is 5.10 Å². The van der Waals surface area contributed by atoms with E-state index in [0.29, 0.717) is 17.8 Å². The van der Waals surface area contributed by atoms with Crippen molar-refractivity contribution in [3.8, 4) is 5.69 Å².